The molecule has 0 radical (unpaired) electrons. The van der Waals surface area contributed by atoms with Gasteiger partial charge >= 0.3 is 0 Å². The summed E-state index contributed by atoms with van der Waals surface area (Å²) in [7, 11) is -7.00. The van der Waals surface area contributed by atoms with Gasteiger partial charge in [-0.25, -0.2) is 16.8 Å². The first-order valence-corrected chi connectivity index (χ1v) is 9.49. The van der Waals surface area contributed by atoms with Crippen molar-refractivity contribution < 1.29 is 16.8 Å². The van der Waals surface area contributed by atoms with Crippen molar-refractivity contribution in [3.63, 3.8) is 0 Å². The van der Waals surface area contributed by atoms with Gasteiger partial charge in [0.2, 0.25) is 20.0 Å². The van der Waals surface area contributed by atoms with Gasteiger partial charge in [-0.2, -0.15) is 13.9 Å². The molecule has 114 valence electrons. The molecule has 1 heterocycles. The Labute approximate surface area is 124 Å². The van der Waals surface area contributed by atoms with Crippen molar-refractivity contribution in [2.24, 2.45) is 0 Å². The van der Waals surface area contributed by atoms with Crippen LogP contribution in [0.3, 0.4) is 0 Å². The predicted octanol–water partition coefficient (Wildman–Crippen LogP) is -0.176. The van der Waals surface area contributed by atoms with Crippen LogP contribution < -0.4 is 0 Å². The SMILES string of the molecule is CS(=O)(=O)N1CCN(S(=O)(=O)c2cccc(C#N)c2)CC1. The molecular formula is C12H15N3O4S2. The predicted molar refractivity (Wildman–Crippen MR) is 76.3 cm³/mol. The fourth-order valence-corrected chi connectivity index (χ4v) is 4.41. The lowest BCUT2D eigenvalue weighted by Crippen LogP contribution is -2.50. The van der Waals surface area contributed by atoms with Gasteiger partial charge in [-0.05, 0) is 18.2 Å². The molecular weight excluding hydrogens is 314 g/mol. The summed E-state index contributed by atoms with van der Waals surface area (Å²) in [6.45, 7) is 0.477. The zero-order valence-corrected chi connectivity index (χ0v) is 13.1. The van der Waals surface area contributed by atoms with Gasteiger partial charge in [0.1, 0.15) is 0 Å². The monoisotopic (exact) mass is 329 g/mol. The quantitative estimate of drug-likeness (QED) is 0.766. The van der Waals surface area contributed by atoms with Crippen molar-refractivity contribution in [1.29, 1.82) is 5.26 Å². The van der Waals surface area contributed by atoms with Gasteiger partial charge in [-0.15, -0.1) is 0 Å². The van der Waals surface area contributed by atoms with Crippen molar-refractivity contribution in [3.05, 3.63) is 29.8 Å². The van der Waals surface area contributed by atoms with Crippen molar-refractivity contribution in [3.8, 4) is 6.07 Å². The molecule has 1 saturated heterocycles. The first-order valence-electron chi connectivity index (χ1n) is 6.20. The minimum Gasteiger partial charge on any atom is -0.213 e. The second-order valence-corrected chi connectivity index (χ2v) is 8.63. The van der Waals surface area contributed by atoms with Gasteiger partial charge in [0.25, 0.3) is 0 Å². The topological polar surface area (TPSA) is 98.6 Å². The minimum atomic E-state index is -3.70. The Hall–Kier alpha value is -1.47. The molecule has 1 aromatic carbocycles. The number of sulfonamides is 2. The third kappa shape index (κ3) is 3.41. The number of piperazine rings is 1. The largest absolute Gasteiger partial charge is 0.243 e. The maximum Gasteiger partial charge on any atom is 0.243 e. The van der Waals surface area contributed by atoms with E-state index in [0.717, 1.165) is 6.26 Å². The van der Waals surface area contributed by atoms with E-state index in [9.17, 15) is 16.8 Å². The summed E-state index contributed by atoms with van der Waals surface area (Å²) in [4.78, 5) is 0.0503. The van der Waals surface area contributed by atoms with Crippen molar-refractivity contribution in [1.82, 2.24) is 8.61 Å². The first-order chi connectivity index (χ1) is 9.75. The molecule has 0 N–H and O–H groups in total. The van der Waals surface area contributed by atoms with Gasteiger partial charge in [0.15, 0.2) is 0 Å². The van der Waals surface area contributed by atoms with Crippen LogP contribution in [-0.4, -0.2) is 57.9 Å². The normalized spacial score (nSPS) is 18.3. The highest BCUT2D eigenvalue weighted by molar-refractivity contribution is 7.89. The Bertz CT molecular complexity index is 773. The van der Waals surface area contributed by atoms with Crippen LogP contribution in [0, 0.1) is 11.3 Å². The standard InChI is InChI=1S/C12H15N3O4S2/c1-20(16,17)14-5-7-15(8-6-14)21(18,19)12-4-2-3-11(9-12)10-13/h2-4,9H,5-8H2,1H3. The van der Waals surface area contributed by atoms with E-state index in [-0.39, 0.29) is 36.6 Å². The summed E-state index contributed by atoms with van der Waals surface area (Å²) >= 11 is 0. The van der Waals surface area contributed by atoms with E-state index in [1.54, 1.807) is 0 Å². The Morgan fingerprint density at radius 2 is 1.62 bits per heavy atom. The van der Waals surface area contributed by atoms with Crippen LogP contribution >= 0.6 is 0 Å². The molecule has 1 aliphatic rings. The van der Waals surface area contributed by atoms with Crippen LogP contribution in [0.15, 0.2) is 29.2 Å². The average molecular weight is 329 g/mol. The van der Waals surface area contributed by atoms with Crippen molar-refractivity contribution in [2.45, 2.75) is 4.90 Å². The summed E-state index contributed by atoms with van der Waals surface area (Å²) in [5.74, 6) is 0. The number of benzene rings is 1. The Balaban J connectivity index is 2.21. The van der Waals surface area contributed by atoms with Crippen LogP contribution in [-0.2, 0) is 20.0 Å². The zero-order chi connectivity index (χ0) is 15.7. The van der Waals surface area contributed by atoms with E-state index in [1.807, 2.05) is 6.07 Å². The number of nitrogens with zero attached hydrogens (tertiary/aromatic N) is 3. The molecule has 0 bridgehead atoms. The van der Waals surface area contributed by atoms with E-state index in [4.69, 9.17) is 5.26 Å². The molecule has 0 amide bonds. The lowest BCUT2D eigenvalue weighted by Gasteiger charge is -2.32. The van der Waals surface area contributed by atoms with Crippen LogP contribution in [0.25, 0.3) is 0 Å². The molecule has 0 unspecified atom stereocenters. The molecule has 7 nitrogen and oxygen atoms in total. The van der Waals surface area contributed by atoms with E-state index in [0.29, 0.717) is 0 Å². The summed E-state index contributed by atoms with van der Waals surface area (Å²) < 4.78 is 50.3. The molecule has 0 atom stereocenters. The maximum absolute atomic E-state index is 12.5. The molecule has 1 aromatic rings. The second-order valence-electron chi connectivity index (χ2n) is 4.71. The third-order valence-corrected chi connectivity index (χ3v) is 6.47. The summed E-state index contributed by atoms with van der Waals surface area (Å²) in [5.41, 5.74) is 0.269. The molecule has 21 heavy (non-hydrogen) atoms. The highest BCUT2D eigenvalue weighted by Crippen LogP contribution is 2.19. The van der Waals surface area contributed by atoms with Crippen LogP contribution in [0.2, 0.25) is 0 Å². The summed E-state index contributed by atoms with van der Waals surface area (Å²) in [6.07, 6.45) is 1.10. The third-order valence-electron chi connectivity index (χ3n) is 3.27. The fourth-order valence-electron chi connectivity index (χ4n) is 2.12. The van der Waals surface area contributed by atoms with E-state index >= 15 is 0 Å². The first kappa shape index (κ1) is 15.9. The van der Waals surface area contributed by atoms with Crippen LogP contribution in [0.1, 0.15) is 5.56 Å². The highest BCUT2D eigenvalue weighted by atomic mass is 32.2. The number of rotatable bonds is 3. The summed E-state index contributed by atoms with van der Waals surface area (Å²) in [6, 6.07) is 7.69. The highest BCUT2D eigenvalue weighted by Gasteiger charge is 2.31. The molecule has 0 aromatic heterocycles. The average Bonchev–Trinajstić information content (AvgIpc) is 2.46. The van der Waals surface area contributed by atoms with Gasteiger partial charge in [0.05, 0.1) is 22.8 Å². The second kappa shape index (κ2) is 5.73. The van der Waals surface area contributed by atoms with E-state index < -0.39 is 20.0 Å². The van der Waals surface area contributed by atoms with Crippen LogP contribution in [0.5, 0.6) is 0 Å². The summed E-state index contributed by atoms with van der Waals surface area (Å²) in [5, 5.41) is 8.83. The Kier molecular flexibility index (Phi) is 4.34. The van der Waals surface area contributed by atoms with Crippen molar-refractivity contribution in [2.75, 3.05) is 32.4 Å². The number of hydrogen-bond donors (Lipinski definition) is 0. The molecule has 0 aliphatic carbocycles. The molecule has 0 spiro atoms. The van der Waals surface area contributed by atoms with Gasteiger partial charge in [-0.3, -0.25) is 0 Å². The zero-order valence-electron chi connectivity index (χ0n) is 11.4. The van der Waals surface area contributed by atoms with Gasteiger partial charge < -0.3 is 0 Å². The lowest BCUT2D eigenvalue weighted by molar-refractivity contribution is 0.274. The molecule has 2 rings (SSSR count). The van der Waals surface area contributed by atoms with Crippen LogP contribution in [0.4, 0.5) is 0 Å². The number of hydrogen-bond acceptors (Lipinski definition) is 5. The fraction of sp³-hybridized carbons (Fsp3) is 0.417. The van der Waals surface area contributed by atoms with Crippen molar-refractivity contribution >= 4 is 20.0 Å². The van der Waals surface area contributed by atoms with Gasteiger partial charge in [-0.1, -0.05) is 6.07 Å². The minimum absolute atomic E-state index is 0.0503. The smallest absolute Gasteiger partial charge is 0.213 e. The maximum atomic E-state index is 12.5. The Morgan fingerprint density at radius 1 is 1.05 bits per heavy atom. The molecule has 0 saturated carbocycles. The van der Waals surface area contributed by atoms with Gasteiger partial charge in [0, 0.05) is 26.2 Å². The molecule has 1 fully saturated rings. The van der Waals surface area contributed by atoms with E-state index in [2.05, 4.69) is 0 Å². The van der Waals surface area contributed by atoms with E-state index in [1.165, 1.54) is 32.9 Å². The molecule has 1 aliphatic heterocycles. The lowest BCUT2D eigenvalue weighted by atomic mass is 10.2. The Morgan fingerprint density at radius 3 is 2.14 bits per heavy atom. The molecule has 9 heteroatoms. The number of nitriles is 1.